The topological polar surface area (TPSA) is 58.6 Å². The Morgan fingerprint density at radius 3 is 2.53 bits per heavy atom. The van der Waals surface area contributed by atoms with Crippen molar-refractivity contribution in [3.63, 3.8) is 0 Å². The van der Waals surface area contributed by atoms with Crippen molar-refractivity contribution in [3.05, 3.63) is 30.3 Å². The number of methoxy groups -OCH3 is 1. The molecule has 0 bridgehead atoms. The normalized spacial score (nSPS) is 10.0. The molecule has 1 rings (SSSR count). The summed E-state index contributed by atoms with van der Waals surface area (Å²) in [6.45, 7) is 2.62. The molecule has 19 heavy (non-hydrogen) atoms. The van der Waals surface area contributed by atoms with E-state index in [1.54, 1.807) is 19.2 Å². The highest BCUT2D eigenvalue weighted by Crippen LogP contribution is 2.05. The molecule has 1 aromatic carbocycles. The number of benzene rings is 1. The lowest BCUT2D eigenvalue weighted by Crippen LogP contribution is -2.37. The van der Waals surface area contributed by atoms with Crippen molar-refractivity contribution in [3.8, 4) is 0 Å². The molecule has 5 nitrogen and oxygen atoms in total. The van der Waals surface area contributed by atoms with Gasteiger partial charge in [0.25, 0.3) is 0 Å². The van der Waals surface area contributed by atoms with Gasteiger partial charge in [-0.3, -0.25) is 9.59 Å². The van der Waals surface area contributed by atoms with Gasteiger partial charge in [0.05, 0.1) is 6.54 Å². The zero-order valence-electron chi connectivity index (χ0n) is 11.4. The van der Waals surface area contributed by atoms with Crippen LogP contribution in [0, 0.1) is 0 Å². The molecular formula is C14H20N2O3. The highest BCUT2D eigenvalue weighted by Gasteiger charge is 2.13. The summed E-state index contributed by atoms with van der Waals surface area (Å²) in [5.74, 6) is -0.307. The molecule has 104 valence electrons. The van der Waals surface area contributed by atoms with Gasteiger partial charge in [-0.15, -0.1) is 0 Å². The van der Waals surface area contributed by atoms with Gasteiger partial charge in [-0.2, -0.15) is 0 Å². The lowest BCUT2D eigenvalue weighted by Gasteiger charge is -2.20. The Kier molecular flexibility index (Phi) is 6.60. The van der Waals surface area contributed by atoms with E-state index >= 15 is 0 Å². The highest BCUT2D eigenvalue weighted by atomic mass is 16.5. The first-order valence-electron chi connectivity index (χ1n) is 6.23. The minimum atomic E-state index is -0.196. The number of hydrogen-bond acceptors (Lipinski definition) is 3. The summed E-state index contributed by atoms with van der Waals surface area (Å²) < 4.78 is 4.93. The largest absolute Gasteiger partial charge is 0.385 e. The summed E-state index contributed by atoms with van der Waals surface area (Å²) in [4.78, 5) is 24.8. The van der Waals surface area contributed by atoms with E-state index in [0.29, 0.717) is 19.6 Å². The predicted molar refractivity (Wildman–Crippen MR) is 73.8 cm³/mol. The number of carbonyl (C=O) groups excluding carboxylic acids is 2. The van der Waals surface area contributed by atoms with E-state index in [1.807, 2.05) is 18.2 Å². The van der Waals surface area contributed by atoms with Gasteiger partial charge < -0.3 is 15.0 Å². The molecule has 0 radical (unpaired) electrons. The molecule has 5 heteroatoms. The first-order valence-corrected chi connectivity index (χ1v) is 6.23. The van der Waals surface area contributed by atoms with Crippen LogP contribution in [0.4, 0.5) is 5.69 Å². The fourth-order valence-electron chi connectivity index (χ4n) is 1.64. The molecule has 0 spiro atoms. The van der Waals surface area contributed by atoms with Gasteiger partial charge in [-0.05, 0) is 18.6 Å². The Labute approximate surface area is 113 Å². The van der Waals surface area contributed by atoms with E-state index in [-0.39, 0.29) is 18.4 Å². The molecule has 0 saturated heterocycles. The van der Waals surface area contributed by atoms with E-state index in [9.17, 15) is 9.59 Å². The second kappa shape index (κ2) is 8.26. The van der Waals surface area contributed by atoms with E-state index in [0.717, 1.165) is 5.69 Å². The van der Waals surface area contributed by atoms with Crippen molar-refractivity contribution in [1.29, 1.82) is 0 Å². The third-order valence-corrected chi connectivity index (χ3v) is 2.61. The zero-order chi connectivity index (χ0) is 14.1. The molecule has 0 aromatic heterocycles. The summed E-state index contributed by atoms with van der Waals surface area (Å²) in [7, 11) is 1.61. The molecule has 0 saturated carbocycles. The Morgan fingerprint density at radius 2 is 1.95 bits per heavy atom. The second-order valence-electron chi connectivity index (χ2n) is 4.20. The number of carbonyl (C=O) groups is 2. The summed E-state index contributed by atoms with van der Waals surface area (Å²) in [6, 6.07) is 9.18. The maximum absolute atomic E-state index is 11.8. The average molecular weight is 264 g/mol. The van der Waals surface area contributed by atoms with Gasteiger partial charge in [0.1, 0.15) is 0 Å². The first kappa shape index (κ1) is 15.2. The standard InChI is InChI=1S/C14H20N2O3/c1-12(17)16(9-6-10-19-2)11-14(18)15-13-7-4-3-5-8-13/h3-5,7-8H,6,9-11H2,1-2H3,(H,15,18). The van der Waals surface area contributed by atoms with Gasteiger partial charge in [0, 0.05) is 32.9 Å². The van der Waals surface area contributed by atoms with Crippen molar-refractivity contribution >= 4 is 17.5 Å². The maximum Gasteiger partial charge on any atom is 0.243 e. The van der Waals surface area contributed by atoms with Crippen LogP contribution in [-0.4, -0.2) is 43.5 Å². The number of para-hydroxylation sites is 1. The molecule has 0 heterocycles. The third-order valence-electron chi connectivity index (χ3n) is 2.61. The van der Waals surface area contributed by atoms with Gasteiger partial charge >= 0.3 is 0 Å². The van der Waals surface area contributed by atoms with Gasteiger partial charge in [-0.25, -0.2) is 0 Å². The van der Waals surface area contributed by atoms with Crippen molar-refractivity contribution in [1.82, 2.24) is 4.90 Å². The number of anilines is 1. The van der Waals surface area contributed by atoms with Crippen molar-refractivity contribution in [2.45, 2.75) is 13.3 Å². The van der Waals surface area contributed by atoms with Gasteiger partial charge in [-0.1, -0.05) is 18.2 Å². The van der Waals surface area contributed by atoms with Crippen LogP contribution in [0.1, 0.15) is 13.3 Å². The van der Waals surface area contributed by atoms with Crippen LogP contribution >= 0.6 is 0 Å². The minimum Gasteiger partial charge on any atom is -0.385 e. The van der Waals surface area contributed by atoms with Crippen LogP contribution in [0.2, 0.25) is 0 Å². The van der Waals surface area contributed by atoms with Crippen LogP contribution in [0.3, 0.4) is 0 Å². The molecule has 0 atom stereocenters. The fraction of sp³-hybridized carbons (Fsp3) is 0.429. The summed E-state index contributed by atoms with van der Waals surface area (Å²) in [6.07, 6.45) is 0.717. The molecule has 1 aromatic rings. The highest BCUT2D eigenvalue weighted by molar-refractivity contribution is 5.94. The number of hydrogen-bond donors (Lipinski definition) is 1. The lowest BCUT2D eigenvalue weighted by atomic mass is 10.3. The molecule has 0 unspecified atom stereocenters. The quantitative estimate of drug-likeness (QED) is 0.759. The van der Waals surface area contributed by atoms with Crippen molar-refractivity contribution in [2.75, 3.05) is 32.1 Å². The number of amides is 2. The Hall–Kier alpha value is -1.88. The number of rotatable bonds is 7. The number of ether oxygens (including phenoxy) is 1. The van der Waals surface area contributed by atoms with Crippen LogP contribution < -0.4 is 5.32 Å². The molecule has 0 aliphatic carbocycles. The summed E-state index contributed by atoms with van der Waals surface area (Å²) in [5.41, 5.74) is 0.730. The second-order valence-corrected chi connectivity index (χ2v) is 4.20. The lowest BCUT2D eigenvalue weighted by molar-refractivity contribution is -0.132. The van der Waals surface area contributed by atoms with E-state index in [1.165, 1.54) is 11.8 Å². The SMILES string of the molecule is COCCCN(CC(=O)Nc1ccccc1)C(C)=O. The smallest absolute Gasteiger partial charge is 0.243 e. The summed E-state index contributed by atoms with van der Waals surface area (Å²) >= 11 is 0. The molecule has 0 aliphatic rings. The van der Waals surface area contributed by atoms with Crippen LogP contribution in [0.5, 0.6) is 0 Å². The van der Waals surface area contributed by atoms with Crippen LogP contribution in [0.25, 0.3) is 0 Å². The number of nitrogens with one attached hydrogen (secondary N) is 1. The molecule has 1 N–H and O–H groups in total. The van der Waals surface area contributed by atoms with Crippen molar-refractivity contribution in [2.24, 2.45) is 0 Å². The predicted octanol–water partition coefficient (Wildman–Crippen LogP) is 1.51. The Morgan fingerprint density at radius 1 is 1.26 bits per heavy atom. The zero-order valence-corrected chi connectivity index (χ0v) is 11.4. The van der Waals surface area contributed by atoms with E-state index in [2.05, 4.69) is 5.32 Å². The maximum atomic E-state index is 11.8. The van der Waals surface area contributed by atoms with Crippen LogP contribution in [0.15, 0.2) is 30.3 Å². The molecule has 0 fully saturated rings. The minimum absolute atomic E-state index is 0.0634. The fourth-order valence-corrected chi connectivity index (χ4v) is 1.64. The Bertz CT molecular complexity index is 406. The first-order chi connectivity index (χ1) is 9.13. The van der Waals surface area contributed by atoms with E-state index in [4.69, 9.17) is 4.74 Å². The molecule has 0 aliphatic heterocycles. The number of nitrogens with zero attached hydrogens (tertiary/aromatic N) is 1. The van der Waals surface area contributed by atoms with E-state index < -0.39 is 0 Å². The monoisotopic (exact) mass is 264 g/mol. The third kappa shape index (κ3) is 6.01. The summed E-state index contributed by atoms with van der Waals surface area (Å²) in [5, 5.41) is 2.75. The van der Waals surface area contributed by atoms with Gasteiger partial charge in [0.2, 0.25) is 11.8 Å². The average Bonchev–Trinajstić information content (AvgIpc) is 2.38. The van der Waals surface area contributed by atoms with Crippen molar-refractivity contribution < 1.29 is 14.3 Å². The Balaban J connectivity index is 2.45. The van der Waals surface area contributed by atoms with Gasteiger partial charge in [0.15, 0.2) is 0 Å². The molecule has 2 amide bonds. The molecular weight excluding hydrogens is 244 g/mol. The van der Waals surface area contributed by atoms with Crippen LogP contribution in [-0.2, 0) is 14.3 Å².